The van der Waals surface area contributed by atoms with E-state index in [1.54, 1.807) is 6.92 Å². The second kappa shape index (κ2) is 5.27. The number of ketones is 1. The highest BCUT2D eigenvalue weighted by molar-refractivity contribution is 6.00. The number of carbonyl (C=O) groups is 2. The van der Waals surface area contributed by atoms with E-state index in [1.807, 2.05) is 13.0 Å². The van der Waals surface area contributed by atoms with Gasteiger partial charge in [-0.25, -0.2) is 4.79 Å². The summed E-state index contributed by atoms with van der Waals surface area (Å²) in [7, 11) is 0. The molecule has 0 N–H and O–H groups in total. The molecule has 1 aliphatic carbocycles. The third-order valence-corrected chi connectivity index (χ3v) is 6.54. The summed E-state index contributed by atoms with van der Waals surface area (Å²) in [6.07, 6.45) is 7.37. The third kappa shape index (κ3) is 2.87. The fraction of sp³-hybridized carbons (Fsp3) is 0.700. The van der Waals surface area contributed by atoms with E-state index in [1.165, 1.54) is 6.08 Å². The van der Waals surface area contributed by atoms with Crippen molar-refractivity contribution in [3.63, 3.8) is 0 Å². The highest BCUT2D eigenvalue weighted by atomic mass is 16.6. The number of fused-ring (bicyclic) bond motifs is 5. The van der Waals surface area contributed by atoms with Gasteiger partial charge in [0, 0.05) is 5.57 Å². The van der Waals surface area contributed by atoms with Crippen LogP contribution in [-0.2, 0) is 23.8 Å². The summed E-state index contributed by atoms with van der Waals surface area (Å²) >= 11 is 0. The molecule has 4 rings (SSSR count). The van der Waals surface area contributed by atoms with Crippen molar-refractivity contribution in [3.05, 3.63) is 24.3 Å². The van der Waals surface area contributed by atoms with Crippen LogP contribution in [0.4, 0.5) is 0 Å². The molecule has 0 saturated carbocycles. The summed E-state index contributed by atoms with van der Waals surface area (Å²) in [6.45, 7) is 9.76. The van der Waals surface area contributed by atoms with E-state index in [0.717, 1.165) is 19.3 Å². The summed E-state index contributed by atoms with van der Waals surface area (Å²) in [5.74, 6) is -0.645. The topological polar surface area (TPSA) is 68.4 Å². The number of hydrogen-bond acceptors (Lipinski definition) is 5. The quantitative estimate of drug-likeness (QED) is 0.383. The van der Waals surface area contributed by atoms with Crippen LogP contribution in [0.3, 0.4) is 0 Å². The van der Waals surface area contributed by atoms with Crippen molar-refractivity contribution in [3.8, 4) is 0 Å². The molecule has 3 heterocycles. The molecule has 0 aromatic heterocycles. The molecule has 2 bridgehead atoms. The number of ether oxygens (including phenoxy) is 3. The largest absolute Gasteiger partial charge is 0.448 e. The Morgan fingerprint density at radius 1 is 1.08 bits per heavy atom. The zero-order valence-corrected chi connectivity index (χ0v) is 15.2. The van der Waals surface area contributed by atoms with Crippen molar-refractivity contribution in [2.45, 2.75) is 81.9 Å². The van der Waals surface area contributed by atoms with Crippen molar-refractivity contribution >= 4 is 11.8 Å². The van der Waals surface area contributed by atoms with Crippen LogP contribution in [0.2, 0.25) is 0 Å². The fourth-order valence-electron chi connectivity index (χ4n) is 4.21. The number of esters is 1. The maximum absolute atomic E-state index is 12.7. The standard InChI is InChI=1S/C20H26O5/c1-12-13-5-8-18(2,25-17(12)22)14(21)6-9-19(3)15(23-19)7-10-20(4)16(11-13)24-20/h6,9,13,15-16H,1,5,7-8,10-11H2,2-4H3/b9-6-/t13-,15-,16+,18-,19-,20+/m1/s1. The van der Waals surface area contributed by atoms with E-state index in [9.17, 15) is 9.59 Å². The minimum atomic E-state index is -1.14. The molecule has 136 valence electrons. The van der Waals surface area contributed by atoms with Gasteiger partial charge < -0.3 is 14.2 Å². The lowest BCUT2D eigenvalue weighted by Crippen LogP contribution is -2.38. The van der Waals surface area contributed by atoms with Crippen LogP contribution >= 0.6 is 0 Å². The van der Waals surface area contributed by atoms with Gasteiger partial charge in [-0.2, -0.15) is 0 Å². The zero-order chi connectivity index (χ0) is 18.0. The molecule has 4 aliphatic rings. The predicted molar refractivity (Wildman–Crippen MR) is 90.9 cm³/mol. The summed E-state index contributed by atoms with van der Waals surface area (Å²) in [6, 6.07) is 0. The summed E-state index contributed by atoms with van der Waals surface area (Å²) < 4.78 is 17.3. The van der Waals surface area contributed by atoms with Crippen LogP contribution in [0, 0.1) is 5.92 Å². The Morgan fingerprint density at radius 2 is 1.84 bits per heavy atom. The Labute approximate surface area is 148 Å². The van der Waals surface area contributed by atoms with Crippen LogP contribution in [0.5, 0.6) is 0 Å². The molecule has 3 saturated heterocycles. The molecule has 3 aliphatic heterocycles. The molecular formula is C20H26O5. The molecule has 0 spiro atoms. The van der Waals surface area contributed by atoms with Gasteiger partial charge in [0.2, 0.25) is 0 Å². The summed E-state index contributed by atoms with van der Waals surface area (Å²) in [5.41, 5.74) is -1.22. The lowest BCUT2D eigenvalue weighted by atomic mass is 9.83. The van der Waals surface area contributed by atoms with Gasteiger partial charge in [-0.15, -0.1) is 0 Å². The minimum absolute atomic E-state index is 0.00307. The Balaban J connectivity index is 1.65. The van der Waals surface area contributed by atoms with E-state index in [-0.39, 0.29) is 29.5 Å². The Kier molecular flexibility index (Phi) is 3.58. The second-order valence-corrected chi connectivity index (χ2v) is 8.56. The predicted octanol–water partition coefficient (Wildman–Crippen LogP) is 2.88. The van der Waals surface area contributed by atoms with Crippen molar-refractivity contribution in [2.24, 2.45) is 5.92 Å². The van der Waals surface area contributed by atoms with E-state index >= 15 is 0 Å². The van der Waals surface area contributed by atoms with Crippen LogP contribution < -0.4 is 0 Å². The normalized spacial score (nSPS) is 50.8. The van der Waals surface area contributed by atoms with Crippen LogP contribution in [0.25, 0.3) is 0 Å². The van der Waals surface area contributed by atoms with Gasteiger partial charge in [0.15, 0.2) is 11.4 Å². The van der Waals surface area contributed by atoms with Crippen molar-refractivity contribution in [2.75, 3.05) is 0 Å². The fourth-order valence-corrected chi connectivity index (χ4v) is 4.21. The number of rotatable bonds is 0. The molecule has 25 heavy (non-hydrogen) atoms. The lowest BCUT2D eigenvalue weighted by Gasteiger charge is -2.24. The zero-order valence-electron chi connectivity index (χ0n) is 15.2. The van der Waals surface area contributed by atoms with Gasteiger partial charge in [0.05, 0.1) is 17.8 Å². The summed E-state index contributed by atoms with van der Waals surface area (Å²) in [4.78, 5) is 25.2. The van der Waals surface area contributed by atoms with Gasteiger partial charge in [-0.1, -0.05) is 6.58 Å². The van der Waals surface area contributed by atoms with Crippen LogP contribution in [-0.4, -0.2) is 40.8 Å². The van der Waals surface area contributed by atoms with E-state index in [0.29, 0.717) is 18.4 Å². The highest BCUT2D eigenvalue weighted by Crippen LogP contribution is 2.50. The average molecular weight is 346 g/mol. The number of hydrogen-bond donors (Lipinski definition) is 0. The first-order valence-corrected chi connectivity index (χ1v) is 9.17. The monoisotopic (exact) mass is 346 g/mol. The SMILES string of the molecule is C=C1C(=O)O[C@]2(C)CC[C@@H]1C[C@@H]1O[C@@]1(C)CC[C@H]1O[C@]1(C)/C=C\C2=O. The molecule has 3 fully saturated rings. The van der Waals surface area contributed by atoms with E-state index in [2.05, 4.69) is 13.5 Å². The number of epoxide rings is 2. The van der Waals surface area contributed by atoms with Crippen LogP contribution in [0.1, 0.15) is 52.9 Å². The van der Waals surface area contributed by atoms with Gasteiger partial charge in [0.1, 0.15) is 5.60 Å². The molecular weight excluding hydrogens is 320 g/mol. The second-order valence-electron chi connectivity index (χ2n) is 8.56. The van der Waals surface area contributed by atoms with Gasteiger partial charge in [-0.3, -0.25) is 4.79 Å². The van der Waals surface area contributed by atoms with E-state index in [4.69, 9.17) is 14.2 Å². The Bertz CT molecular complexity index is 682. The first-order chi connectivity index (χ1) is 11.7. The Morgan fingerprint density at radius 3 is 2.60 bits per heavy atom. The molecule has 6 atom stereocenters. The molecule has 0 aromatic carbocycles. The molecule has 0 unspecified atom stereocenters. The molecule has 0 amide bonds. The third-order valence-electron chi connectivity index (χ3n) is 6.54. The first kappa shape index (κ1) is 17.0. The maximum Gasteiger partial charge on any atom is 0.334 e. The molecule has 0 radical (unpaired) electrons. The summed E-state index contributed by atoms with van der Waals surface area (Å²) in [5, 5.41) is 0. The van der Waals surface area contributed by atoms with E-state index < -0.39 is 17.2 Å². The maximum atomic E-state index is 12.7. The average Bonchev–Trinajstić information content (AvgIpc) is 3.41. The van der Waals surface area contributed by atoms with Gasteiger partial charge >= 0.3 is 5.97 Å². The lowest BCUT2D eigenvalue weighted by molar-refractivity contribution is -0.159. The molecule has 0 aromatic rings. The van der Waals surface area contributed by atoms with Gasteiger partial charge in [-0.05, 0) is 70.9 Å². The van der Waals surface area contributed by atoms with Gasteiger partial charge in [0.25, 0.3) is 0 Å². The smallest absolute Gasteiger partial charge is 0.334 e. The molecule has 5 heteroatoms. The molecule has 5 nitrogen and oxygen atoms in total. The van der Waals surface area contributed by atoms with Crippen molar-refractivity contribution in [1.82, 2.24) is 0 Å². The number of carbonyl (C=O) groups excluding carboxylic acids is 2. The van der Waals surface area contributed by atoms with Crippen LogP contribution in [0.15, 0.2) is 24.3 Å². The Hall–Kier alpha value is -1.46. The van der Waals surface area contributed by atoms with Crippen molar-refractivity contribution in [1.29, 1.82) is 0 Å². The minimum Gasteiger partial charge on any atom is -0.448 e. The highest BCUT2D eigenvalue weighted by Gasteiger charge is 2.57. The van der Waals surface area contributed by atoms with Crippen molar-refractivity contribution < 1.29 is 23.8 Å². The first-order valence-electron chi connectivity index (χ1n) is 9.17.